The zero-order valence-electron chi connectivity index (χ0n) is 12.2. The van der Waals surface area contributed by atoms with Crippen molar-refractivity contribution in [3.63, 3.8) is 0 Å². The van der Waals surface area contributed by atoms with Crippen LogP contribution >= 0.6 is 23.2 Å². The molecular weight excluding hydrogens is 347 g/mol. The second kappa shape index (κ2) is 7.17. The zero-order chi connectivity index (χ0) is 16.3. The molecule has 22 heavy (non-hydrogen) atoms. The van der Waals surface area contributed by atoms with Crippen LogP contribution in [0.5, 0.6) is 0 Å². The van der Waals surface area contributed by atoms with Gasteiger partial charge in [-0.2, -0.15) is 0 Å². The number of nitrogens with one attached hydrogen (secondary N) is 1. The lowest BCUT2D eigenvalue weighted by atomic mass is 10.2. The van der Waals surface area contributed by atoms with Crippen molar-refractivity contribution in [1.29, 1.82) is 0 Å². The number of likely N-dealkylation sites (tertiary alicyclic amines) is 1. The second-order valence-electron chi connectivity index (χ2n) is 5.47. The first-order valence-corrected chi connectivity index (χ1v) is 9.75. The summed E-state index contributed by atoms with van der Waals surface area (Å²) in [6.45, 7) is 1.09. The molecule has 122 valence electrons. The third kappa shape index (κ3) is 5.12. The van der Waals surface area contributed by atoms with Gasteiger partial charge in [-0.25, -0.2) is 8.42 Å². The number of nitrogens with zero attached hydrogens (tertiary/aromatic N) is 1. The van der Waals surface area contributed by atoms with Gasteiger partial charge in [-0.15, -0.1) is 0 Å². The van der Waals surface area contributed by atoms with E-state index in [4.69, 9.17) is 23.2 Å². The number of hydrogen-bond donors (Lipinski definition) is 1. The van der Waals surface area contributed by atoms with Crippen LogP contribution in [0.4, 0.5) is 5.69 Å². The van der Waals surface area contributed by atoms with Crippen molar-refractivity contribution < 1.29 is 13.2 Å². The highest BCUT2D eigenvalue weighted by Gasteiger charge is 2.31. The lowest BCUT2D eigenvalue weighted by Gasteiger charge is -2.23. The SMILES string of the molecule is CS(=O)(=O)CCN1CCCC1C(=O)Nc1cc(Cl)cc(Cl)c1. The molecule has 1 fully saturated rings. The van der Waals surface area contributed by atoms with E-state index in [2.05, 4.69) is 5.32 Å². The highest BCUT2D eigenvalue weighted by Crippen LogP contribution is 2.24. The average Bonchev–Trinajstić information content (AvgIpc) is 2.82. The second-order valence-corrected chi connectivity index (χ2v) is 8.60. The predicted molar refractivity (Wildman–Crippen MR) is 89.4 cm³/mol. The molecule has 0 radical (unpaired) electrons. The first-order valence-electron chi connectivity index (χ1n) is 6.93. The van der Waals surface area contributed by atoms with E-state index < -0.39 is 9.84 Å². The van der Waals surface area contributed by atoms with E-state index in [9.17, 15) is 13.2 Å². The summed E-state index contributed by atoms with van der Waals surface area (Å²) in [5, 5.41) is 3.69. The summed E-state index contributed by atoms with van der Waals surface area (Å²) in [4.78, 5) is 14.3. The minimum Gasteiger partial charge on any atom is -0.325 e. The van der Waals surface area contributed by atoms with E-state index in [0.29, 0.717) is 28.7 Å². The molecule has 1 aromatic carbocycles. The number of carbonyl (C=O) groups is 1. The van der Waals surface area contributed by atoms with Gasteiger partial charge in [0.15, 0.2) is 0 Å². The average molecular weight is 365 g/mol. The molecule has 1 atom stereocenters. The van der Waals surface area contributed by atoms with Gasteiger partial charge in [0.05, 0.1) is 11.8 Å². The van der Waals surface area contributed by atoms with Crippen molar-refractivity contribution in [2.24, 2.45) is 0 Å². The van der Waals surface area contributed by atoms with Crippen LogP contribution in [0.3, 0.4) is 0 Å². The fourth-order valence-corrected chi connectivity index (χ4v) is 3.62. The van der Waals surface area contributed by atoms with Crippen LogP contribution in [0.2, 0.25) is 10.0 Å². The molecule has 1 amide bonds. The summed E-state index contributed by atoms with van der Waals surface area (Å²) in [6.07, 6.45) is 2.79. The van der Waals surface area contributed by atoms with Gasteiger partial charge in [0.1, 0.15) is 9.84 Å². The van der Waals surface area contributed by atoms with Crippen LogP contribution < -0.4 is 5.32 Å². The molecule has 5 nitrogen and oxygen atoms in total. The largest absolute Gasteiger partial charge is 0.325 e. The van der Waals surface area contributed by atoms with Crippen LogP contribution in [0.25, 0.3) is 0 Å². The molecule has 0 saturated carbocycles. The van der Waals surface area contributed by atoms with Gasteiger partial charge in [-0.3, -0.25) is 9.69 Å². The molecule has 0 bridgehead atoms. The highest BCUT2D eigenvalue weighted by atomic mass is 35.5. The Morgan fingerprint density at radius 3 is 2.55 bits per heavy atom. The van der Waals surface area contributed by atoms with Gasteiger partial charge in [0.2, 0.25) is 5.91 Å². The van der Waals surface area contributed by atoms with Crippen molar-refractivity contribution in [3.05, 3.63) is 28.2 Å². The molecule has 1 aromatic rings. The van der Waals surface area contributed by atoms with Crippen molar-refractivity contribution >= 4 is 44.6 Å². The van der Waals surface area contributed by atoms with Gasteiger partial charge in [-0.05, 0) is 37.6 Å². The molecule has 1 unspecified atom stereocenters. The number of rotatable bonds is 5. The number of carbonyl (C=O) groups excluding carboxylic acids is 1. The highest BCUT2D eigenvalue weighted by molar-refractivity contribution is 7.90. The van der Waals surface area contributed by atoms with E-state index in [0.717, 1.165) is 13.0 Å². The summed E-state index contributed by atoms with van der Waals surface area (Å²) < 4.78 is 22.5. The maximum Gasteiger partial charge on any atom is 0.241 e. The van der Waals surface area contributed by atoms with Gasteiger partial charge < -0.3 is 5.32 Å². The fraction of sp³-hybridized carbons (Fsp3) is 0.500. The van der Waals surface area contributed by atoms with Crippen LogP contribution in [0.15, 0.2) is 18.2 Å². The molecule has 1 heterocycles. The lowest BCUT2D eigenvalue weighted by molar-refractivity contribution is -0.120. The molecule has 0 aliphatic carbocycles. The Morgan fingerprint density at radius 1 is 1.32 bits per heavy atom. The zero-order valence-corrected chi connectivity index (χ0v) is 14.5. The Morgan fingerprint density at radius 2 is 1.95 bits per heavy atom. The van der Waals surface area contributed by atoms with Crippen LogP contribution in [-0.2, 0) is 14.6 Å². The number of hydrogen-bond acceptors (Lipinski definition) is 4. The number of benzene rings is 1. The van der Waals surface area contributed by atoms with Gasteiger partial charge >= 0.3 is 0 Å². The van der Waals surface area contributed by atoms with Crippen LogP contribution in [0, 0.1) is 0 Å². The van der Waals surface area contributed by atoms with Crippen LogP contribution in [-0.4, -0.2) is 50.4 Å². The van der Waals surface area contributed by atoms with Crippen LogP contribution in [0.1, 0.15) is 12.8 Å². The first kappa shape index (κ1) is 17.5. The number of anilines is 1. The Labute approximate surface area is 140 Å². The minimum atomic E-state index is -3.04. The number of halogens is 2. The van der Waals surface area contributed by atoms with Crippen molar-refractivity contribution in [2.45, 2.75) is 18.9 Å². The summed E-state index contributed by atoms with van der Waals surface area (Å²) >= 11 is 11.8. The number of sulfone groups is 1. The standard InChI is InChI=1S/C14H18Cl2N2O3S/c1-22(20,21)6-5-18-4-2-3-13(18)14(19)17-12-8-10(15)7-11(16)9-12/h7-9,13H,2-6H2,1H3,(H,17,19). The van der Waals surface area contributed by atoms with Crippen molar-refractivity contribution in [3.8, 4) is 0 Å². The topological polar surface area (TPSA) is 66.5 Å². The molecule has 0 aromatic heterocycles. The monoisotopic (exact) mass is 364 g/mol. The fourth-order valence-electron chi connectivity index (χ4n) is 2.53. The third-order valence-electron chi connectivity index (χ3n) is 3.55. The van der Waals surface area contributed by atoms with Gasteiger partial charge in [0, 0.05) is 28.5 Å². The van der Waals surface area contributed by atoms with E-state index in [1.165, 1.54) is 6.26 Å². The van der Waals surface area contributed by atoms with E-state index in [1.807, 2.05) is 4.90 Å². The predicted octanol–water partition coefficient (Wildman–Crippen LogP) is 2.44. The molecular formula is C14H18Cl2N2O3S. The van der Waals surface area contributed by atoms with Gasteiger partial charge in [0.25, 0.3) is 0 Å². The van der Waals surface area contributed by atoms with E-state index in [1.54, 1.807) is 18.2 Å². The van der Waals surface area contributed by atoms with E-state index >= 15 is 0 Å². The maximum absolute atomic E-state index is 12.4. The Bertz CT molecular complexity index is 644. The maximum atomic E-state index is 12.4. The Balaban J connectivity index is 2.01. The summed E-state index contributed by atoms with van der Waals surface area (Å²) in [5.74, 6) is -0.107. The normalized spacial score (nSPS) is 19.3. The Hall–Kier alpha value is -0.820. The summed E-state index contributed by atoms with van der Waals surface area (Å²) in [7, 11) is -3.04. The molecule has 0 spiro atoms. The van der Waals surface area contributed by atoms with Crippen molar-refractivity contribution in [1.82, 2.24) is 4.90 Å². The molecule has 1 N–H and O–H groups in total. The van der Waals surface area contributed by atoms with Crippen molar-refractivity contribution in [2.75, 3.05) is 30.4 Å². The lowest BCUT2D eigenvalue weighted by Crippen LogP contribution is -2.41. The Kier molecular flexibility index (Phi) is 5.71. The van der Waals surface area contributed by atoms with E-state index in [-0.39, 0.29) is 17.7 Å². The molecule has 1 aliphatic heterocycles. The minimum absolute atomic E-state index is 0.0553. The summed E-state index contributed by atoms with van der Waals surface area (Å²) in [5.41, 5.74) is 0.539. The number of amides is 1. The molecule has 8 heteroatoms. The first-order chi connectivity index (χ1) is 10.2. The quantitative estimate of drug-likeness (QED) is 0.871. The van der Waals surface area contributed by atoms with Gasteiger partial charge in [-0.1, -0.05) is 23.2 Å². The molecule has 2 rings (SSSR count). The summed E-state index contributed by atoms with van der Waals surface area (Å²) in [6, 6.07) is 4.52. The molecule has 1 saturated heterocycles. The third-order valence-corrected chi connectivity index (χ3v) is 4.91. The molecule has 1 aliphatic rings. The smallest absolute Gasteiger partial charge is 0.241 e.